The summed E-state index contributed by atoms with van der Waals surface area (Å²) in [6.45, 7) is -1.07. The van der Waals surface area contributed by atoms with Crippen LogP contribution in [0.25, 0.3) is 0 Å². The van der Waals surface area contributed by atoms with E-state index in [9.17, 15) is 24.4 Å². The van der Waals surface area contributed by atoms with Gasteiger partial charge >= 0.3 is 13.9 Å². The van der Waals surface area contributed by atoms with Gasteiger partial charge in [-0.2, -0.15) is 0 Å². The van der Waals surface area contributed by atoms with Crippen LogP contribution < -0.4 is 5.32 Å². The van der Waals surface area contributed by atoms with Gasteiger partial charge in [0.2, 0.25) is 0 Å². The van der Waals surface area contributed by atoms with Gasteiger partial charge in [-0.1, -0.05) is 30.3 Å². The van der Waals surface area contributed by atoms with Gasteiger partial charge in [0.05, 0.1) is 6.10 Å². The lowest BCUT2D eigenvalue weighted by atomic mass is 10.1. The number of ketones is 1. The molecule has 0 heterocycles. The highest BCUT2D eigenvalue weighted by molar-refractivity contribution is 7.46. The fraction of sp³-hybridized carbons (Fsp3) is 0.429. The molecule has 0 unspecified atom stereocenters. The molecule has 25 heavy (non-hydrogen) atoms. The molecule has 1 amide bonds. The van der Waals surface area contributed by atoms with E-state index in [0.717, 1.165) is 5.56 Å². The molecule has 0 aliphatic heterocycles. The molecular weight excluding hydrogens is 357 g/mol. The Bertz CT molecular complexity index is 604. The highest BCUT2D eigenvalue weighted by Crippen LogP contribution is 2.35. The Balaban J connectivity index is 2.24. The zero-order valence-corrected chi connectivity index (χ0v) is 14.0. The van der Waals surface area contributed by atoms with Crippen molar-refractivity contribution in [3.63, 3.8) is 0 Å². The number of nitrogens with one attached hydrogen (secondary N) is 1. The minimum Gasteiger partial charge on any atom is -0.445 e. The van der Waals surface area contributed by atoms with Gasteiger partial charge in [-0.3, -0.25) is 9.32 Å². The number of hydrogen-bond acceptors (Lipinski definition) is 7. The number of phosphoric ester groups is 1. The van der Waals surface area contributed by atoms with Gasteiger partial charge in [-0.15, -0.1) is 0 Å². The fourth-order valence-corrected chi connectivity index (χ4v) is 2.00. The molecule has 1 rings (SSSR count). The summed E-state index contributed by atoms with van der Waals surface area (Å²) < 4.78 is 19.3. The Labute approximate surface area is 143 Å². The third kappa shape index (κ3) is 9.30. The van der Waals surface area contributed by atoms with Crippen molar-refractivity contribution in [3.05, 3.63) is 35.9 Å². The maximum Gasteiger partial charge on any atom is 0.470 e. The zero-order chi connectivity index (χ0) is 18.9. The summed E-state index contributed by atoms with van der Waals surface area (Å²) in [6.07, 6.45) is -4.35. The van der Waals surface area contributed by atoms with Gasteiger partial charge in [0.15, 0.2) is 5.78 Å². The molecule has 0 bridgehead atoms. The van der Waals surface area contributed by atoms with E-state index in [0.29, 0.717) is 0 Å². The van der Waals surface area contributed by atoms with E-state index in [1.54, 1.807) is 24.3 Å². The zero-order valence-electron chi connectivity index (χ0n) is 13.1. The number of phosphoric acid groups is 1. The molecule has 0 aliphatic carbocycles. The number of aliphatic hydroxyl groups excluding tert-OH is 2. The summed E-state index contributed by atoms with van der Waals surface area (Å²) in [5.74, 6) is -1.09. The van der Waals surface area contributed by atoms with Gasteiger partial charge in [-0.05, 0) is 12.0 Å². The van der Waals surface area contributed by atoms with Crippen LogP contribution in [0.15, 0.2) is 30.3 Å². The molecule has 0 aliphatic rings. The van der Waals surface area contributed by atoms with Crippen molar-refractivity contribution in [2.75, 3.05) is 13.2 Å². The number of amides is 1. The van der Waals surface area contributed by atoms with Crippen LogP contribution in [0.5, 0.6) is 0 Å². The van der Waals surface area contributed by atoms with Crippen molar-refractivity contribution in [2.24, 2.45) is 0 Å². The normalized spacial score (nSPS) is 13.8. The molecule has 2 atom stereocenters. The van der Waals surface area contributed by atoms with Crippen molar-refractivity contribution >= 4 is 19.7 Å². The molecule has 1 aromatic carbocycles. The van der Waals surface area contributed by atoms with Crippen LogP contribution in [0.4, 0.5) is 4.79 Å². The van der Waals surface area contributed by atoms with Crippen LogP contribution in [0, 0.1) is 0 Å². The molecule has 0 spiro atoms. The Kier molecular flexibility index (Phi) is 8.70. The number of carbonyl (C=O) groups excluding carboxylic acids is 2. The van der Waals surface area contributed by atoms with E-state index < -0.39 is 38.5 Å². The van der Waals surface area contributed by atoms with E-state index in [4.69, 9.17) is 14.5 Å². The number of hydrogen-bond donors (Lipinski definition) is 5. The van der Waals surface area contributed by atoms with Gasteiger partial charge in [0.1, 0.15) is 19.3 Å². The predicted molar refractivity (Wildman–Crippen MR) is 84.3 cm³/mol. The van der Waals surface area contributed by atoms with Crippen LogP contribution in [-0.4, -0.2) is 57.2 Å². The van der Waals surface area contributed by atoms with Crippen molar-refractivity contribution in [2.45, 2.75) is 25.2 Å². The first-order chi connectivity index (χ1) is 11.7. The van der Waals surface area contributed by atoms with E-state index in [-0.39, 0.29) is 19.6 Å². The second kappa shape index (κ2) is 10.2. The summed E-state index contributed by atoms with van der Waals surface area (Å²) in [5, 5.41) is 21.5. The summed E-state index contributed by atoms with van der Waals surface area (Å²) in [7, 11) is -4.84. The quantitative estimate of drug-likeness (QED) is 0.345. The first-order valence-corrected chi connectivity index (χ1v) is 8.75. The largest absolute Gasteiger partial charge is 0.470 e. The number of alkyl carbamates (subject to hydrolysis) is 1. The third-order valence-electron chi connectivity index (χ3n) is 2.99. The minimum absolute atomic E-state index is 0.0655. The van der Waals surface area contributed by atoms with Gasteiger partial charge in [-0.25, -0.2) is 9.36 Å². The number of benzene rings is 1. The monoisotopic (exact) mass is 377 g/mol. The van der Waals surface area contributed by atoms with Crippen molar-refractivity contribution < 1.29 is 43.4 Å². The number of carbonyl (C=O) groups is 2. The molecular formula is C14H20NO9P. The average molecular weight is 377 g/mol. The van der Waals surface area contributed by atoms with E-state index in [2.05, 4.69) is 9.84 Å². The second-order valence-corrected chi connectivity index (χ2v) is 6.26. The standard InChI is InChI=1S/C14H20NO9P/c16-11(13(18)12(17)9-24-25(20,21)22)6-7-15-14(19)23-8-10-4-2-1-3-5-10/h1-5,11,13,16,18H,6-9H2,(H,15,19)(H2,20,21,22)/t11-,13+/m1/s1. The number of rotatable bonds is 10. The van der Waals surface area contributed by atoms with Crippen molar-refractivity contribution in [1.29, 1.82) is 0 Å². The lowest BCUT2D eigenvalue weighted by molar-refractivity contribution is -0.135. The van der Waals surface area contributed by atoms with E-state index in [1.807, 2.05) is 6.07 Å². The summed E-state index contributed by atoms with van der Waals surface area (Å²) >= 11 is 0. The van der Waals surface area contributed by atoms with E-state index >= 15 is 0 Å². The van der Waals surface area contributed by atoms with Gasteiger partial charge in [0.25, 0.3) is 0 Å². The molecule has 5 N–H and O–H groups in total. The van der Waals surface area contributed by atoms with Crippen LogP contribution in [0.2, 0.25) is 0 Å². The van der Waals surface area contributed by atoms with Crippen LogP contribution in [0.3, 0.4) is 0 Å². The molecule has 0 fully saturated rings. The Morgan fingerprint density at radius 1 is 1.16 bits per heavy atom. The smallest absolute Gasteiger partial charge is 0.445 e. The highest BCUT2D eigenvalue weighted by Gasteiger charge is 2.26. The minimum atomic E-state index is -4.84. The molecule has 0 saturated heterocycles. The molecule has 0 radical (unpaired) electrons. The second-order valence-electron chi connectivity index (χ2n) is 5.02. The number of ether oxygens (including phenoxy) is 1. The first-order valence-electron chi connectivity index (χ1n) is 7.22. The summed E-state index contributed by atoms with van der Waals surface area (Å²) in [5.41, 5.74) is 0.795. The maximum atomic E-state index is 11.5. The van der Waals surface area contributed by atoms with Crippen LogP contribution in [-0.2, 0) is 25.2 Å². The van der Waals surface area contributed by atoms with Gasteiger partial charge in [0, 0.05) is 6.54 Å². The number of aliphatic hydroxyl groups is 2. The highest BCUT2D eigenvalue weighted by atomic mass is 31.2. The fourth-order valence-electron chi connectivity index (χ4n) is 1.70. The lowest BCUT2D eigenvalue weighted by Crippen LogP contribution is -2.38. The van der Waals surface area contributed by atoms with E-state index in [1.165, 1.54) is 0 Å². The predicted octanol–water partition coefficient (Wildman–Crippen LogP) is -0.297. The number of Topliss-reactive ketones (excluding diaryl/α,β-unsaturated/α-hetero) is 1. The lowest BCUT2D eigenvalue weighted by Gasteiger charge is -2.17. The Hall–Kier alpha value is -1.81. The van der Waals surface area contributed by atoms with Crippen LogP contribution >= 0.6 is 7.82 Å². The maximum absolute atomic E-state index is 11.5. The Morgan fingerprint density at radius 3 is 2.40 bits per heavy atom. The molecule has 140 valence electrons. The topological polar surface area (TPSA) is 163 Å². The first kappa shape index (κ1) is 21.2. The summed E-state index contributed by atoms with van der Waals surface area (Å²) in [6, 6.07) is 8.96. The molecule has 1 aromatic rings. The Morgan fingerprint density at radius 2 is 1.80 bits per heavy atom. The SMILES string of the molecule is O=C(NCC[C@@H](O)[C@H](O)C(=O)COP(=O)(O)O)OCc1ccccc1. The van der Waals surface area contributed by atoms with Crippen molar-refractivity contribution in [3.8, 4) is 0 Å². The molecule has 10 nitrogen and oxygen atoms in total. The average Bonchev–Trinajstić information content (AvgIpc) is 2.57. The van der Waals surface area contributed by atoms with Crippen molar-refractivity contribution in [1.82, 2.24) is 5.32 Å². The molecule has 11 heteroatoms. The van der Waals surface area contributed by atoms with Crippen LogP contribution in [0.1, 0.15) is 12.0 Å². The van der Waals surface area contributed by atoms with Gasteiger partial charge < -0.3 is 30.1 Å². The third-order valence-corrected chi connectivity index (χ3v) is 3.46. The molecule has 0 aromatic heterocycles. The summed E-state index contributed by atoms with van der Waals surface area (Å²) in [4.78, 5) is 39.8. The molecule has 0 saturated carbocycles.